The molecule has 0 aliphatic heterocycles. The van der Waals surface area contributed by atoms with E-state index in [1.165, 1.54) is 12.1 Å². The third kappa shape index (κ3) is 3.45. The van der Waals surface area contributed by atoms with Crippen LogP contribution in [0.1, 0.15) is 10.4 Å². The normalized spacial score (nSPS) is 10.3. The summed E-state index contributed by atoms with van der Waals surface area (Å²) in [5.41, 5.74) is 0.389. The Balaban J connectivity index is 1.91. The first-order chi connectivity index (χ1) is 8.65. The maximum atomic E-state index is 11.8. The third-order valence-corrected chi connectivity index (χ3v) is 2.60. The molecule has 0 aliphatic rings. The monoisotopic (exact) mass is 284 g/mol. The number of carbonyl (C=O) groups is 1. The molecule has 0 atom stereocenters. The van der Waals surface area contributed by atoms with E-state index in [4.69, 9.17) is 23.2 Å². The van der Waals surface area contributed by atoms with Gasteiger partial charge in [0.1, 0.15) is 10.3 Å². The molecule has 0 aliphatic carbocycles. The minimum Gasteiger partial charge on any atom is -0.350 e. The minimum atomic E-state index is -0.242. The molecule has 5 nitrogen and oxygen atoms in total. The Bertz CT molecular complexity index is 522. The van der Waals surface area contributed by atoms with Crippen LogP contribution < -0.4 is 5.32 Å². The smallest absolute Gasteiger partial charge is 0.251 e. The van der Waals surface area contributed by atoms with Gasteiger partial charge in [0.25, 0.3) is 5.91 Å². The highest BCUT2D eigenvalue weighted by atomic mass is 35.5. The number of hydrogen-bond acceptors (Lipinski definition) is 3. The number of aromatic nitrogens is 3. The van der Waals surface area contributed by atoms with Gasteiger partial charge in [-0.1, -0.05) is 23.2 Å². The summed E-state index contributed by atoms with van der Waals surface area (Å²) in [5, 5.41) is 7.16. The lowest BCUT2D eigenvalue weighted by atomic mass is 10.2. The summed E-state index contributed by atoms with van der Waals surface area (Å²) < 4.78 is 1.73. The molecule has 0 aromatic carbocycles. The predicted molar refractivity (Wildman–Crippen MR) is 68.8 cm³/mol. The fourth-order valence-corrected chi connectivity index (χ4v) is 1.88. The van der Waals surface area contributed by atoms with Crippen molar-refractivity contribution < 1.29 is 4.79 Å². The van der Waals surface area contributed by atoms with Crippen molar-refractivity contribution in [1.82, 2.24) is 20.1 Å². The van der Waals surface area contributed by atoms with Crippen LogP contribution in [0.5, 0.6) is 0 Å². The first-order valence-corrected chi connectivity index (χ1v) is 5.99. The Kier molecular flexibility index (Phi) is 4.17. The van der Waals surface area contributed by atoms with Crippen molar-refractivity contribution in [3.63, 3.8) is 0 Å². The van der Waals surface area contributed by atoms with Gasteiger partial charge in [0.15, 0.2) is 0 Å². The second-order valence-corrected chi connectivity index (χ2v) is 4.30. The van der Waals surface area contributed by atoms with Gasteiger partial charge in [-0.25, -0.2) is 4.98 Å². The molecule has 2 rings (SSSR count). The lowest BCUT2D eigenvalue weighted by molar-refractivity contribution is 0.0952. The van der Waals surface area contributed by atoms with Gasteiger partial charge in [-0.3, -0.25) is 9.48 Å². The number of halogens is 2. The molecule has 1 amide bonds. The van der Waals surface area contributed by atoms with E-state index in [0.29, 0.717) is 18.7 Å². The van der Waals surface area contributed by atoms with Gasteiger partial charge in [0.2, 0.25) is 0 Å². The first-order valence-electron chi connectivity index (χ1n) is 5.24. The van der Waals surface area contributed by atoms with E-state index in [2.05, 4.69) is 15.4 Å². The van der Waals surface area contributed by atoms with Gasteiger partial charge in [0, 0.05) is 24.5 Å². The summed E-state index contributed by atoms with van der Waals surface area (Å²) in [6.45, 7) is 1.07. The highest BCUT2D eigenvalue weighted by molar-refractivity contribution is 6.33. The molecule has 2 aromatic heterocycles. The van der Waals surface area contributed by atoms with Gasteiger partial charge in [-0.15, -0.1) is 0 Å². The molecule has 1 N–H and O–H groups in total. The van der Waals surface area contributed by atoms with Crippen LogP contribution in [0.2, 0.25) is 10.3 Å². The van der Waals surface area contributed by atoms with E-state index in [9.17, 15) is 4.79 Å². The lowest BCUT2D eigenvalue weighted by Gasteiger charge is -2.06. The molecule has 0 unspecified atom stereocenters. The van der Waals surface area contributed by atoms with Gasteiger partial charge in [-0.2, -0.15) is 5.10 Å². The standard InChI is InChI=1S/C11H10Cl2N4O/c12-9-6-8(7-10(13)16-9)11(18)14-3-5-17-4-1-2-15-17/h1-2,4,6-7H,3,5H2,(H,14,18). The number of nitrogens with one attached hydrogen (secondary N) is 1. The number of nitrogens with zero attached hydrogens (tertiary/aromatic N) is 3. The van der Waals surface area contributed by atoms with E-state index in [1.54, 1.807) is 10.9 Å². The van der Waals surface area contributed by atoms with Gasteiger partial charge < -0.3 is 5.32 Å². The molecule has 0 saturated heterocycles. The Morgan fingerprint density at radius 1 is 1.33 bits per heavy atom. The predicted octanol–water partition coefficient (Wildman–Crippen LogP) is 2.01. The van der Waals surface area contributed by atoms with Crippen molar-refractivity contribution in [2.75, 3.05) is 6.54 Å². The van der Waals surface area contributed by atoms with Crippen molar-refractivity contribution in [2.24, 2.45) is 0 Å². The van der Waals surface area contributed by atoms with Gasteiger partial charge in [-0.05, 0) is 18.2 Å². The number of carbonyl (C=O) groups excluding carboxylic acids is 1. The molecule has 2 aromatic rings. The molecule has 18 heavy (non-hydrogen) atoms. The molecular weight excluding hydrogens is 275 g/mol. The lowest BCUT2D eigenvalue weighted by Crippen LogP contribution is -2.27. The van der Waals surface area contributed by atoms with Crippen LogP contribution in [0.3, 0.4) is 0 Å². The zero-order valence-electron chi connectivity index (χ0n) is 9.31. The van der Waals surface area contributed by atoms with Crippen LogP contribution in [-0.2, 0) is 6.54 Å². The number of pyridine rings is 1. The van der Waals surface area contributed by atoms with E-state index < -0.39 is 0 Å². The molecule has 0 fully saturated rings. The third-order valence-electron chi connectivity index (χ3n) is 2.21. The summed E-state index contributed by atoms with van der Waals surface area (Å²) >= 11 is 11.4. The van der Waals surface area contributed by atoms with Crippen molar-refractivity contribution in [3.05, 3.63) is 46.5 Å². The van der Waals surface area contributed by atoms with Gasteiger partial charge in [0.05, 0.1) is 6.54 Å². The Hall–Kier alpha value is -1.59. The summed E-state index contributed by atoms with van der Waals surface area (Å²) in [4.78, 5) is 15.6. The molecule has 0 spiro atoms. The highest BCUT2D eigenvalue weighted by Gasteiger charge is 2.08. The molecule has 0 saturated carbocycles. The topological polar surface area (TPSA) is 59.8 Å². The summed E-state index contributed by atoms with van der Waals surface area (Å²) in [7, 11) is 0. The average Bonchev–Trinajstić information content (AvgIpc) is 2.80. The first kappa shape index (κ1) is 12.9. The summed E-state index contributed by atoms with van der Waals surface area (Å²) in [5.74, 6) is -0.242. The fraction of sp³-hybridized carbons (Fsp3) is 0.182. The van der Waals surface area contributed by atoms with Crippen LogP contribution in [0, 0.1) is 0 Å². The maximum absolute atomic E-state index is 11.8. The maximum Gasteiger partial charge on any atom is 0.251 e. The fourth-order valence-electron chi connectivity index (χ4n) is 1.41. The van der Waals surface area contributed by atoms with E-state index >= 15 is 0 Å². The number of hydrogen-bond donors (Lipinski definition) is 1. The largest absolute Gasteiger partial charge is 0.350 e. The van der Waals surface area contributed by atoms with Crippen molar-refractivity contribution in [2.45, 2.75) is 6.54 Å². The highest BCUT2D eigenvalue weighted by Crippen LogP contribution is 2.14. The quantitative estimate of drug-likeness (QED) is 0.874. The second-order valence-electron chi connectivity index (χ2n) is 3.53. The average molecular weight is 285 g/mol. The SMILES string of the molecule is O=C(NCCn1cccn1)c1cc(Cl)nc(Cl)c1. The van der Waals surface area contributed by atoms with E-state index in [0.717, 1.165) is 0 Å². The second kappa shape index (κ2) is 5.84. The van der Waals surface area contributed by atoms with Gasteiger partial charge >= 0.3 is 0 Å². The minimum absolute atomic E-state index is 0.194. The Labute approximate surface area is 114 Å². The van der Waals surface area contributed by atoms with Crippen LogP contribution in [0.4, 0.5) is 0 Å². The van der Waals surface area contributed by atoms with Crippen molar-refractivity contribution in [3.8, 4) is 0 Å². The van der Waals surface area contributed by atoms with Crippen LogP contribution >= 0.6 is 23.2 Å². The summed E-state index contributed by atoms with van der Waals surface area (Å²) in [6, 6.07) is 4.76. The zero-order chi connectivity index (χ0) is 13.0. The molecule has 94 valence electrons. The van der Waals surface area contributed by atoms with Crippen LogP contribution in [0.25, 0.3) is 0 Å². The molecule has 0 radical (unpaired) electrons. The van der Waals surface area contributed by atoms with Crippen molar-refractivity contribution in [1.29, 1.82) is 0 Å². The Morgan fingerprint density at radius 2 is 2.06 bits per heavy atom. The number of rotatable bonds is 4. The molecule has 2 heterocycles. The molecule has 0 bridgehead atoms. The molecule has 7 heteroatoms. The van der Waals surface area contributed by atoms with E-state index in [1.807, 2.05) is 12.3 Å². The van der Waals surface area contributed by atoms with Crippen molar-refractivity contribution >= 4 is 29.1 Å². The van der Waals surface area contributed by atoms with Crippen LogP contribution in [0.15, 0.2) is 30.6 Å². The molecular formula is C11H10Cl2N4O. The zero-order valence-corrected chi connectivity index (χ0v) is 10.8. The number of amides is 1. The Morgan fingerprint density at radius 3 is 2.67 bits per heavy atom. The summed E-state index contributed by atoms with van der Waals surface area (Å²) in [6.07, 6.45) is 3.51. The van der Waals surface area contributed by atoms with E-state index in [-0.39, 0.29) is 16.2 Å². The van der Waals surface area contributed by atoms with Crippen LogP contribution in [-0.4, -0.2) is 27.2 Å².